The molecule has 0 heterocycles. The standard InChI is InChI=1S/C19H45N3OSi/c1-10-20(7)15-19(16-21(8)11-2,17-22(9)12-3)13-14-24-23-18(4,5)6/h10-17,24H2,1-9H3. The van der Waals surface area contributed by atoms with Gasteiger partial charge in [-0.05, 0) is 74.0 Å². The summed E-state index contributed by atoms with van der Waals surface area (Å²) >= 11 is 0. The maximum absolute atomic E-state index is 6.12. The quantitative estimate of drug-likeness (QED) is 0.371. The summed E-state index contributed by atoms with van der Waals surface area (Å²) in [6.45, 7) is 20.2. The van der Waals surface area contributed by atoms with Crippen molar-refractivity contribution < 1.29 is 4.43 Å². The lowest BCUT2D eigenvalue weighted by molar-refractivity contribution is 0.0774. The van der Waals surface area contributed by atoms with Crippen molar-refractivity contribution in [2.75, 3.05) is 60.4 Å². The second-order valence-electron chi connectivity index (χ2n) is 8.56. The largest absolute Gasteiger partial charge is 0.419 e. The van der Waals surface area contributed by atoms with Crippen LogP contribution < -0.4 is 0 Å². The molecule has 0 aromatic carbocycles. The minimum absolute atomic E-state index is 0.0233. The van der Waals surface area contributed by atoms with Crippen LogP contribution in [0.25, 0.3) is 0 Å². The van der Waals surface area contributed by atoms with E-state index in [1.54, 1.807) is 0 Å². The molecular formula is C19H45N3OSi. The minimum atomic E-state index is -0.449. The first-order valence-corrected chi connectivity index (χ1v) is 11.3. The summed E-state index contributed by atoms with van der Waals surface area (Å²) in [4.78, 5) is 7.46. The van der Waals surface area contributed by atoms with Crippen LogP contribution in [0, 0.1) is 5.41 Å². The molecule has 0 aromatic rings. The third-order valence-corrected chi connectivity index (χ3v) is 6.53. The molecule has 0 saturated carbocycles. The summed E-state index contributed by atoms with van der Waals surface area (Å²) in [7, 11) is 6.33. The molecular weight excluding hydrogens is 314 g/mol. The summed E-state index contributed by atoms with van der Waals surface area (Å²) < 4.78 is 6.12. The zero-order chi connectivity index (χ0) is 18.8. The Balaban J connectivity index is 5.06. The second kappa shape index (κ2) is 11.6. The van der Waals surface area contributed by atoms with E-state index in [1.165, 1.54) is 32.1 Å². The maximum Gasteiger partial charge on any atom is 0.162 e. The van der Waals surface area contributed by atoms with E-state index in [-0.39, 0.29) is 5.60 Å². The van der Waals surface area contributed by atoms with Crippen molar-refractivity contribution in [3.05, 3.63) is 0 Å². The molecule has 0 aromatic heterocycles. The van der Waals surface area contributed by atoms with E-state index >= 15 is 0 Å². The summed E-state index contributed by atoms with van der Waals surface area (Å²) in [6.07, 6.45) is 1.27. The topological polar surface area (TPSA) is 19.0 Å². The highest BCUT2D eigenvalue weighted by molar-refractivity contribution is 6.27. The van der Waals surface area contributed by atoms with Crippen LogP contribution >= 0.6 is 0 Å². The van der Waals surface area contributed by atoms with Gasteiger partial charge >= 0.3 is 0 Å². The Kier molecular flexibility index (Phi) is 11.7. The first kappa shape index (κ1) is 24.1. The van der Waals surface area contributed by atoms with Gasteiger partial charge in [0.1, 0.15) is 0 Å². The third kappa shape index (κ3) is 10.8. The highest BCUT2D eigenvalue weighted by atomic mass is 28.2. The van der Waals surface area contributed by atoms with Crippen LogP contribution in [0.3, 0.4) is 0 Å². The Morgan fingerprint density at radius 3 is 1.42 bits per heavy atom. The molecule has 0 bridgehead atoms. The molecule has 0 amide bonds. The van der Waals surface area contributed by atoms with Crippen LogP contribution in [-0.2, 0) is 4.43 Å². The lowest BCUT2D eigenvalue weighted by Crippen LogP contribution is -2.50. The van der Waals surface area contributed by atoms with E-state index in [2.05, 4.69) is 77.4 Å². The van der Waals surface area contributed by atoms with E-state index in [4.69, 9.17) is 4.43 Å². The molecule has 0 spiro atoms. The van der Waals surface area contributed by atoms with Crippen LogP contribution in [0.2, 0.25) is 6.04 Å². The van der Waals surface area contributed by atoms with Crippen LogP contribution in [0.1, 0.15) is 48.0 Å². The molecule has 0 aliphatic rings. The normalized spacial score (nSPS) is 14.0. The molecule has 0 rings (SSSR count). The number of hydrogen-bond acceptors (Lipinski definition) is 4. The lowest BCUT2D eigenvalue weighted by Gasteiger charge is -2.42. The summed E-state index contributed by atoms with van der Waals surface area (Å²) in [5, 5.41) is 0. The van der Waals surface area contributed by atoms with Gasteiger partial charge < -0.3 is 19.1 Å². The molecule has 146 valence electrons. The van der Waals surface area contributed by atoms with Gasteiger partial charge in [-0.25, -0.2) is 0 Å². The summed E-state index contributed by atoms with van der Waals surface area (Å²) in [6, 6.07) is 1.27. The highest BCUT2D eigenvalue weighted by Crippen LogP contribution is 2.28. The van der Waals surface area contributed by atoms with Gasteiger partial charge in [-0.1, -0.05) is 20.8 Å². The van der Waals surface area contributed by atoms with Crippen LogP contribution in [0.15, 0.2) is 0 Å². The van der Waals surface area contributed by atoms with Gasteiger partial charge in [-0.15, -0.1) is 0 Å². The van der Waals surface area contributed by atoms with Gasteiger partial charge in [0.05, 0.1) is 0 Å². The first-order valence-electron chi connectivity index (χ1n) is 9.77. The average Bonchev–Trinajstić information content (AvgIpc) is 2.50. The number of hydrogen-bond donors (Lipinski definition) is 0. The summed E-state index contributed by atoms with van der Waals surface area (Å²) in [5.41, 5.74) is 0.351. The van der Waals surface area contributed by atoms with Gasteiger partial charge in [-0.3, -0.25) is 0 Å². The van der Waals surface area contributed by atoms with Crippen molar-refractivity contribution in [2.45, 2.75) is 59.6 Å². The SMILES string of the molecule is CCN(C)CC(CC[SiH2]OC(C)(C)C)(CN(C)CC)CN(C)CC. The fourth-order valence-corrected chi connectivity index (χ4v) is 4.92. The van der Waals surface area contributed by atoms with Gasteiger partial charge in [0, 0.05) is 30.7 Å². The molecule has 0 saturated heterocycles. The number of rotatable bonds is 13. The lowest BCUT2D eigenvalue weighted by atomic mass is 9.83. The zero-order valence-corrected chi connectivity index (χ0v) is 19.5. The monoisotopic (exact) mass is 359 g/mol. The Morgan fingerprint density at radius 2 is 1.12 bits per heavy atom. The van der Waals surface area contributed by atoms with E-state index in [0.29, 0.717) is 5.41 Å². The van der Waals surface area contributed by atoms with Gasteiger partial charge in [0.25, 0.3) is 0 Å². The van der Waals surface area contributed by atoms with Crippen molar-refractivity contribution in [1.29, 1.82) is 0 Å². The Morgan fingerprint density at radius 1 is 0.750 bits per heavy atom. The first-order chi connectivity index (χ1) is 11.1. The van der Waals surface area contributed by atoms with Crippen molar-refractivity contribution in [3.8, 4) is 0 Å². The molecule has 0 fully saturated rings. The number of nitrogens with zero attached hydrogens (tertiary/aromatic N) is 3. The molecule has 4 nitrogen and oxygen atoms in total. The molecule has 0 atom stereocenters. The maximum atomic E-state index is 6.12. The fourth-order valence-electron chi connectivity index (χ4n) is 3.27. The summed E-state index contributed by atoms with van der Waals surface area (Å²) in [5.74, 6) is 0. The zero-order valence-electron chi connectivity index (χ0n) is 18.1. The van der Waals surface area contributed by atoms with Gasteiger partial charge in [0.2, 0.25) is 0 Å². The molecule has 0 aliphatic heterocycles. The minimum Gasteiger partial charge on any atom is -0.419 e. The Labute approximate surface area is 154 Å². The van der Waals surface area contributed by atoms with Crippen LogP contribution in [0.4, 0.5) is 0 Å². The second-order valence-corrected chi connectivity index (χ2v) is 9.96. The van der Waals surface area contributed by atoms with Crippen LogP contribution in [0.5, 0.6) is 0 Å². The van der Waals surface area contributed by atoms with Crippen molar-refractivity contribution in [2.24, 2.45) is 5.41 Å². The third-order valence-electron chi connectivity index (χ3n) is 4.82. The van der Waals surface area contributed by atoms with Gasteiger partial charge in [-0.2, -0.15) is 0 Å². The Bertz CT molecular complexity index is 289. The van der Waals surface area contributed by atoms with E-state index in [0.717, 1.165) is 19.6 Å². The van der Waals surface area contributed by atoms with Gasteiger partial charge in [0.15, 0.2) is 9.76 Å². The van der Waals surface area contributed by atoms with E-state index in [1.807, 2.05) is 0 Å². The molecule has 0 aliphatic carbocycles. The van der Waals surface area contributed by atoms with Crippen molar-refractivity contribution in [3.63, 3.8) is 0 Å². The molecule has 0 unspecified atom stereocenters. The molecule has 24 heavy (non-hydrogen) atoms. The predicted molar refractivity (Wildman–Crippen MR) is 111 cm³/mol. The molecule has 0 radical (unpaired) electrons. The average molecular weight is 360 g/mol. The highest BCUT2D eigenvalue weighted by Gasteiger charge is 2.33. The van der Waals surface area contributed by atoms with E-state index in [9.17, 15) is 0 Å². The predicted octanol–water partition coefficient (Wildman–Crippen LogP) is 2.54. The molecule has 5 heteroatoms. The smallest absolute Gasteiger partial charge is 0.162 e. The van der Waals surface area contributed by atoms with Crippen molar-refractivity contribution >= 4 is 9.76 Å². The Hall–Kier alpha value is 0.0569. The van der Waals surface area contributed by atoms with Crippen LogP contribution in [-0.4, -0.2) is 90.5 Å². The molecule has 0 N–H and O–H groups in total. The van der Waals surface area contributed by atoms with Crippen molar-refractivity contribution in [1.82, 2.24) is 14.7 Å². The fraction of sp³-hybridized carbons (Fsp3) is 1.00. The van der Waals surface area contributed by atoms with E-state index < -0.39 is 9.76 Å².